The van der Waals surface area contributed by atoms with E-state index in [1.807, 2.05) is 58.3 Å². The normalized spacial score (nSPS) is 12.7. The Kier molecular flexibility index (Phi) is 8.66. The zero-order valence-corrected chi connectivity index (χ0v) is 18.4. The third-order valence-corrected chi connectivity index (χ3v) is 4.02. The predicted molar refractivity (Wildman–Crippen MR) is 113 cm³/mol. The molecule has 0 unspecified atom stereocenters. The number of H-pyrrole nitrogens is 1. The number of methoxy groups -OCH3 is 1. The summed E-state index contributed by atoms with van der Waals surface area (Å²) >= 11 is 0. The number of fused-ring (bicyclic) bond motifs is 1. The monoisotopic (exact) mass is 432 g/mol. The lowest BCUT2D eigenvalue weighted by molar-refractivity contribution is -0.377. The number of benzene rings is 1. The maximum atomic E-state index is 12.6. The Morgan fingerprint density at radius 3 is 2.45 bits per heavy atom. The zero-order chi connectivity index (χ0) is 22.9. The van der Waals surface area contributed by atoms with Gasteiger partial charge in [0.1, 0.15) is 0 Å². The first-order valence-corrected chi connectivity index (χ1v) is 10.1. The number of hydrogen-bond donors (Lipinski definition) is 0. The molecule has 6 nitrogen and oxygen atoms in total. The molecular formula is C23H28F2N3O3+. The molecule has 0 amide bonds. The molecule has 1 aliphatic heterocycles. The van der Waals surface area contributed by atoms with Gasteiger partial charge in [0.15, 0.2) is 23.9 Å². The number of alkyl halides is 2. The van der Waals surface area contributed by atoms with E-state index in [9.17, 15) is 8.78 Å². The van der Waals surface area contributed by atoms with E-state index in [2.05, 4.69) is 24.4 Å². The van der Waals surface area contributed by atoms with Crippen LogP contribution < -0.4 is 19.2 Å². The van der Waals surface area contributed by atoms with E-state index in [-0.39, 0.29) is 11.5 Å². The van der Waals surface area contributed by atoms with Crippen LogP contribution in [0.2, 0.25) is 0 Å². The van der Waals surface area contributed by atoms with Gasteiger partial charge in [0.25, 0.3) is 0 Å². The second-order valence-electron chi connectivity index (χ2n) is 6.37. The summed E-state index contributed by atoms with van der Waals surface area (Å²) in [5.41, 5.74) is 3.74. The third kappa shape index (κ3) is 6.87. The summed E-state index contributed by atoms with van der Waals surface area (Å²) < 4.78 is 38.8. The molecule has 1 aromatic carbocycles. The summed E-state index contributed by atoms with van der Waals surface area (Å²) in [5, 5.41) is 0. The molecule has 4 rings (SSSR count). The molecule has 166 valence electrons. The summed E-state index contributed by atoms with van der Waals surface area (Å²) in [6.45, 7) is 7.94. The minimum Gasteiger partial charge on any atom is -0.467 e. The topological polar surface area (TPSA) is 67.6 Å². The summed E-state index contributed by atoms with van der Waals surface area (Å²) in [7, 11) is 1.57. The molecule has 0 radical (unpaired) electrons. The van der Waals surface area contributed by atoms with Crippen LogP contribution in [0.1, 0.15) is 38.4 Å². The van der Waals surface area contributed by atoms with Crippen molar-refractivity contribution in [3.05, 3.63) is 60.0 Å². The highest BCUT2D eigenvalue weighted by molar-refractivity contribution is 5.57. The fourth-order valence-corrected chi connectivity index (χ4v) is 2.77. The van der Waals surface area contributed by atoms with Crippen LogP contribution in [0.4, 0.5) is 8.78 Å². The number of aryl methyl sites for hydroxylation is 2. The van der Waals surface area contributed by atoms with Gasteiger partial charge in [0.05, 0.1) is 18.4 Å². The Morgan fingerprint density at radius 2 is 1.81 bits per heavy atom. The molecule has 0 saturated carbocycles. The molecule has 8 heteroatoms. The van der Waals surface area contributed by atoms with Crippen molar-refractivity contribution in [1.82, 2.24) is 9.97 Å². The SMILES string of the molecule is CC.CCCc1ccc2c(c1)OC(F)(F)O2.COc1nc(C)cc(-c2ccc[nH+]c2)n1. The average Bonchev–Trinajstić information content (AvgIpc) is 3.09. The molecule has 31 heavy (non-hydrogen) atoms. The minimum atomic E-state index is -3.51. The van der Waals surface area contributed by atoms with E-state index in [1.165, 1.54) is 6.07 Å². The van der Waals surface area contributed by atoms with Gasteiger partial charge in [-0.25, -0.2) is 9.97 Å². The minimum absolute atomic E-state index is 0.106. The van der Waals surface area contributed by atoms with Crippen molar-refractivity contribution in [2.45, 2.75) is 46.8 Å². The summed E-state index contributed by atoms with van der Waals surface area (Å²) in [4.78, 5) is 11.4. The van der Waals surface area contributed by atoms with Gasteiger partial charge in [-0.2, -0.15) is 4.98 Å². The smallest absolute Gasteiger partial charge is 0.467 e. The van der Waals surface area contributed by atoms with Crippen molar-refractivity contribution < 1.29 is 28.0 Å². The molecule has 0 saturated heterocycles. The van der Waals surface area contributed by atoms with E-state index in [4.69, 9.17) is 4.74 Å². The van der Waals surface area contributed by atoms with Crippen LogP contribution >= 0.6 is 0 Å². The number of ether oxygens (including phenoxy) is 3. The Labute approximate surface area is 181 Å². The average molecular weight is 432 g/mol. The largest absolute Gasteiger partial charge is 0.586 e. The molecule has 0 fully saturated rings. The lowest BCUT2D eigenvalue weighted by atomic mass is 10.1. The van der Waals surface area contributed by atoms with Gasteiger partial charge in [-0.3, -0.25) is 0 Å². The highest BCUT2D eigenvalue weighted by atomic mass is 19.3. The Hall–Kier alpha value is -3.29. The van der Waals surface area contributed by atoms with Crippen LogP contribution in [-0.2, 0) is 6.42 Å². The maximum Gasteiger partial charge on any atom is 0.586 e. The van der Waals surface area contributed by atoms with Crippen molar-refractivity contribution in [1.29, 1.82) is 0 Å². The van der Waals surface area contributed by atoms with Gasteiger partial charge in [-0.05, 0) is 43.2 Å². The predicted octanol–water partition coefficient (Wildman–Crippen LogP) is 5.26. The first-order chi connectivity index (χ1) is 14.9. The van der Waals surface area contributed by atoms with Crippen LogP contribution in [0, 0.1) is 6.92 Å². The van der Waals surface area contributed by atoms with Crippen LogP contribution in [0.3, 0.4) is 0 Å². The number of pyridine rings is 1. The summed E-state index contributed by atoms with van der Waals surface area (Å²) in [6.07, 6.45) is 2.06. The lowest BCUT2D eigenvalue weighted by Crippen LogP contribution is -2.25. The molecule has 2 aromatic heterocycles. The number of aromatic amines is 1. The van der Waals surface area contributed by atoms with Crippen molar-refractivity contribution in [3.8, 4) is 28.8 Å². The fraction of sp³-hybridized carbons (Fsp3) is 0.348. The van der Waals surface area contributed by atoms with Gasteiger partial charge in [-0.15, -0.1) is 8.78 Å². The fourth-order valence-electron chi connectivity index (χ4n) is 2.77. The van der Waals surface area contributed by atoms with Crippen molar-refractivity contribution in [3.63, 3.8) is 0 Å². The van der Waals surface area contributed by atoms with Crippen LogP contribution in [0.15, 0.2) is 48.8 Å². The highest BCUT2D eigenvalue weighted by Gasteiger charge is 2.43. The Morgan fingerprint density at radius 1 is 1.06 bits per heavy atom. The van der Waals surface area contributed by atoms with E-state index in [0.29, 0.717) is 6.01 Å². The van der Waals surface area contributed by atoms with Crippen LogP contribution in [-0.4, -0.2) is 23.4 Å². The number of nitrogens with one attached hydrogen (secondary N) is 1. The molecule has 1 aliphatic rings. The standard InChI is InChI=1S/C11H11N3O.C10H10F2O2.C2H6/c1-8-6-10(14-11(13-8)15-2)9-4-3-5-12-7-9;1-2-3-7-4-5-8-9(6-7)14-10(11,12)13-8;1-2/h3-7H,1-2H3;4-6H,2-3H2,1H3;1-2H3/p+1. The van der Waals surface area contributed by atoms with Crippen LogP contribution in [0.25, 0.3) is 11.3 Å². The van der Waals surface area contributed by atoms with Gasteiger partial charge < -0.3 is 14.2 Å². The summed E-state index contributed by atoms with van der Waals surface area (Å²) in [6, 6.07) is 11.1. The number of hydrogen-bond acceptors (Lipinski definition) is 5. The van der Waals surface area contributed by atoms with Gasteiger partial charge in [0.2, 0.25) is 0 Å². The molecule has 3 aromatic rings. The van der Waals surface area contributed by atoms with E-state index >= 15 is 0 Å². The number of rotatable bonds is 4. The molecule has 0 bridgehead atoms. The second kappa shape index (κ2) is 11.2. The summed E-state index contributed by atoms with van der Waals surface area (Å²) in [5.74, 6) is 0.232. The first kappa shape index (κ1) is 24.0. The Balaban J connectivity index is 0.000000204. The van der Waals surface area contributed by atoms with E-state index in [0.717, 1.165) is 35.4 Å². The van der Waals surface area contributed by atoms with E-state index < -0.39 is 6.29 Å². The molecule has 0 atom stereocenters. The number of nitrogens with zero attached hydrogens (tertiary/aromatic N) is 2. The van der Waals surface area contributed by atoms with Gasteiger partial charge in [0, 0.05) is 11.8 Å². The van der Waals surface area contributed by atoms with Crippen LogP contribution in [0.5, 0.6) is 17.5 Å². The van der Waals surface area contributed by atoms with Crippen molar-refractivity contribution in [2.75, 3.05) is 7.11 Å². The second-order valence-corrected chi connectivity index (χ2v) is 6.37. The highest BCUT2D eigenvalue weighted by Crippen LogP contribution is 2.41. The van der Waals surface area contributed by atoms with Crippen molar-refractivity contribution in [2.24, 2.45) is 0 Å². The maximum absolute atomic E-state index is 12.6. The quantitative estimate of drug-likeness (QED) is 0.562. The van der Waals surface area contributed by atoms with Gasteiger partial charge in [-0.1, -0.05) is 33.3 Å². The molecule has 0 spiro atoms. The molecular weight excluding hydrogens is 404 g/mol. The zero-order valence-electron chi connectivity index (χ0n) is 18.4. The van der Waals surface area contributed by atoms with Gasteiger partial charge >= 0.3 is 12.3 Å². The molecule has 3 heterocycles. The first-order valence-electron chi connectivity index (χ1n) is 10.1. The van der Waals surface area contributed by atoms with E-state index in [1.54, 1.807) is 19.2 Å². The van der Waals surface area contributed by atoms with Crippen molar-refractivity contribution >= 4 is 0 Å². The molecule has 0 aliphatic carbocycles. The molecule has 1 N–H and O–H groups in total. The lowest BCUT2D eigenvalue weighted by Gasteiger charge is -2.04. The Bertz CT molecular complexity index is 970. The number of aromatic nitrogens is 3. The third-order valence-electron chi connectivity index (χ3n) is 4.02. The number of halogens is 2.